The zero-order valence-electron chi connectivity index (χ0n) is 11.3. The van der Waals surface area contributed by atoms with Gasteiger partial charge in [0.2, 0.25) is 0 Å². The minimum atomic E-state index is 0.648. The van der Waals surface area contributed by atoms with Gasteiger partial charge >= 0.3 is 0 Å². The molecule has 0 aliphatic rings. The molecule has 2 nitrogen and oxygen atoms in total. The lowest BCUT2D eigenvalue weighted by molar-refractivity contribution is 0.0975. The van der Waals surface area contributed by atoms with Gasteiger partial charge in [-0.2, -0.15) is 0 Å². The van der Waals surface area contributed by atoms with Crippen LogP contribution >= 0.6 is 0 Å². The number of hydrogen-bond acceptors (Lipinski definition) is 2. The first-order valence-electron chi connectivity index (χ1n) is 7.12. The lowest BCUT2D eigenvalue weighted by atomic mass is 9.97. The van der Waals surface area contributed by atoms with Crippen LogP contribution in [0.3, 0.4) is 0 Å². The summed E-state index contributed by atoms with van der Waals surface area (Å²) in [5.41, 5.74) is 5.42. The topological polar surface area (TPSA) is 35.2 Å². The molecule has 1 unspecified atom stereocenters. The van der Waals surface area contributed by atoms with Gasteiger partial charge in [-0.15, -0.1) is 0 Å². The summed E-state index contributed by atoms with van der Waals surface area (Å²) in [6, 6.07) is 0. The summed E-state index contributed by atoms with van der Waals surface area (Å²) < 4.78 is 5.55. The molecule has 0 fully saturated rings. The van der Waals surface area contributed by atoms with Gasteiger partial charge in [-0.05, 0) is 18.8 Å². The van der Waals surface area contributed by atoms with E-state index < -0.39 is 0 Å². The van der Waals surface area contributed by atoms with Gasteiger partial charge in [-0.1, -0.05) is 52.4 Å². The molecule has 0 aliphatic carbocycles. The van der Waals surface area contributed by atoms with Gasteiger partial charge < -0.3 is 10.5 Å². The maximum atomic E-state index is 5.55. The van der Waals surface area contributed by atoms with Crippen LogP contribution in [0.15, 0.2) is 0 Å². The Morgan fingerprint density at radius 1 is 0.938 bits per heavy atom. The van der Waals surface area contributed by atoms with Gasteiger partial charge in [-0.3, -0.25) is 0 Å². The van der Waals surface area contributed by atoms with Gasteiger partial charge in [0.25, 0.3) is 0 Å². The number of rotatable bonds is 12. The standard InChI is InChI=1S/C14H31NO/c1-3-5-6-7-8-10-14(9-4-2)13-16-12-11-15/h14H,3-13,15H2,1-2H3. The molecule has 1 atom stereocenters. The molecule has 0 saturated heterocycles. The van der Waals surface area contributed by atoms with E-state index in [1.165, 1.54) is 51.4 Å². The second-order valence-electron chi connectivity index (χ2n) is 4.72. The average molecular weight is 229 g/mol. The first kappa shape index (κ1) is 15.9. The van der Waals surface area contributed by atoms with Crippen molar-refractivity contribution in [1.82, 2.24) is 0 Å². The molecule has 0 aromatic carbocycles. The van der Waals surface area contributed by atoms with Crippen LogP contribution in [0.1, 0.15) is 65.2 Å². The highest BCUT2D eigenvalue weighted by Crippen LogP contribution is 2.16. The molecular formula is C14H31NO. The van der Waals surface area contributed by atoms with Crippen molar-refractivity contribution in [2.24, 2.45) is 11.7 Å². The third-order valence-corrected chi connectivity index (χ3v) is 3.03. The average Bonchev–Trinajstić information content (AvgIpc) is 2.29. The van der Waals surface area contributed by atoms with Gasteiger partial charge in [0.05, 0.1) is 6.61 Å². The van der Waals surface area contributed by atoms with Crippen molar-refractivity contribution < 1.29 is 4.74 Å². The predicted octanol–water partition coefficient (Wildman–Crippen LogP) is 3.74. The zero-order valence-corrected chi connectivity index (χ0v) is 11.3. The smallest absolute Gasteiger partial charge is 0.0588 e. The highest BCUT2D eigenvalue weighted by molar-refractivity contribution is 4.58. The van der Waals surface area contributed by atoms with Crippen LogP contribution in [0.4, 0.5) is 0 Å². The molecular weight excluding hydrogens is 198 g/mol. The summed E-state index contributed by atoms with van der Waals surface area (Å²) >= 11 is 0. The fourth-order valence-electron chi connectivity index (χ4n) is 2.09. The molecule has 0 spiro atoms. The fourth-order valence-corrected chi connectivity index (χ4v) is 2.09. The summed E-state index contributed by atoms with van der Waals surface area (Å²) in [7, 11) is 0. The molecule has 0 rings (SSSR count). The Morgan fingerprint density at radius 3 is 2.31 bits per heavy atom. The van der Waals surface area contributed by atoms with E-state index in [-0.39, 0.29) is 0 Å². The Balaban J connectivity index is 3.43. The second-order valence-corrected chi connectivity index (χ2v) is 4.72. The number of hydrogen-bond donors (Lipinski definition) is 1. The predicted molar refractivity (Wildman–Crippen MR) is 71.6 cm³/mol. The van der Waals surface area contributed by atoms with Gasteiger partial charge in [0, 0.05) is 13.2 Å². The first-order valence-corrected chi connectivity index (χ1v) is 7.12. The molecule has 98 valence electrons. The number of nitrogens with two attached hydrogens (primary N) is 1. The van der Waals surface area contributed by atoms with Crippen molar-refractivity contribution >= 4 is 0 Å². The molecule has 0 aliphatic heterocycles. The summed E-state index contributed by atoms with van der Waals surface area (Å²) in [5, 5.41) is 0. The monoisotopic (exact) mass is 229 g/mol. The van der Waals surface area contributed by atoms with Crippen molar-refractivity contribution in [1.29, 1.82) is 0 Å². The summed E-state index contributed by atoms with van der Waals surface area (Å²) in [4.78, 5) is 0. The van der Waals surface area contributed by atoms with E-state index in [1.54, 1.807) is 0 Å². The third-order valence-electron chi connectivity index (χ3n) is 3.03. The minimum absolute atomic E-state index is 0.648. The highest BCUT2D eigenvalue weighted by Gasteiger charge is 2.07. The molecule has 0 aromatic heterocycles. The van der Waals surface area contributed by atoms with E-state index in [0.29, 0.717) is 6.54 Å². The number of ether oxygens (including phenoxy) is 1. The van der Waals surface area contributed by atoms with E-state index in [9.17, 15) is 0 Å². The Labute approximate surface area is 102 Å². The van der Waals surface area contributed by atoms with E-state index >= 15 is 0 Å². The lowest BCUT2D eigenvalue weighted by Gasteiger charge is -2.16. The van der Waals surface area contributed by atoms with E-state index in [1.807, 2.05) is 0 Å². The second kappa shape index (κ2) is 13.0. The van der Waals surface area contributed by atoms with Crippen LogP contribution < -0.4 is 5.73 Å². The van der Waals surface area contributed by atoms with Crippen LogP contribution in [0.2, 0.25) is 0 Å². The van der Waals surface area contributed by atoms with Gasteiger partial charge in [0.15, 0.2) is 0 Å². The van der Waals surface area contributed by atoms with Crippen molar-refractivity contribution in [3.63, 3.8) is 0 Å². The zero-order chi connectivity index (χ0) is 12.1. The van der Waals surface area contributed by atoms with Crippen LogP contribution in [0.25, 0.3) is 0 Å². The van der Waals surface area contributed by atoms with Crippen LogP contribution in [0.5, 0.6) is 0 Å². The van der Waals surface area contributed by atoms with Crippen molar-refractivity contribution in [2.75, 3.05) is 19.8 Å². The van der Waals surface area contributed by atoms with E-state index in [2.05, 4.69) is 13.8 Å². The minimum Gasteiger partial charge on any atom is -0.380 e. The van der Waals surface area contributed by atoms with Crippen LogP contribution in [0, 0.1) is 5.92 Å². The summed E-state index contributed by atoms with van der Waals surface area (Å²) in [5.74, 6) is 0.762. The molecule has 2 heteroatoms. The Kier molecular flexibility index (Phi) is 12.9. The molecule has 0 amide bonds. The van der Waals surface area contributed by atoms with E-state index in [4.69, 9.17) is 10.5 Å². The largest absolute Gasteiger partial charge is 0.380 e. The van der Waals surface area contributed by atoms with Crippen molar-refractivity contribution in [2.45, 2.75) is 65.2 Å². The number of unbranched alkanes of at least 4 members (excludes halogenated alkanes) is 4. The molecule has 0 heterocycles. The third kappa shape index (κ3) is 10.4. The maximum absolute atomic E-state index is 5.55. The first-order chi connectivity index (χ1) is 7.85. The fraction of sp³-hybridized carbons (Fsp3) is 1.00. The Hall–Kier alpha value is -0.0800. The normalized spacial score (nSPS) is 12.9. The Bertz CT molecular complexity index is 128. The quantitative estimate of drug-likeness (QED) is 0.517. The molecule has 0 bridgehead atoms. The van der Waals surface area contributed by atoms with Crippen molar-refractivity contribution in [3.05, 3.63) is 0 Å². The van der Waals surface area contributed by atoms with Gasteiger partial charge in [0.1, 0.15) is 0 Å². The van der Waals surface area contributed by atoms with E-state index in [0.717, 1.165) is 19.1 Å². The van der Waals surface area contributed by atoms with Gasteiger partial charge in [-0.25, -0.2) is 0 Å². The Morgan fingerprint density at radius 2 is 1.69 bits per heavy atom. The molecule has 16 heavy (non-hydrogen) atoms. The molecule has 0 aromatic rings. The lowest BCUT2D eigenvalue weighted by Crippen LogP contribution is -2.15. The summed E-state index contributed by atoms with van der Waals surface area (Å²) in [6.07, 6.45) is 10.8. The SMILES string of the molecule is CCCCCCCC(CCC)COCCN. The van der Waals surface area contributed by atoms with Crippen LogP contribution in [-0.2, 0) is 4.74 Å². The molecule has 0 radical (unpaired) electrons. The summed E-state index contributed by atoms with van der Waals surface area (Å²) in [6.45, 7) is 6.80. The van der Waals surface area contributed by atoms with Crippen molar-refractivity contribution in [3.8, 4) is 0 Å². The molecule has 0 saturated carbocycles. The van der Waals surface area contributed by atoms with Crippen LogP contribution in [-0.4, -0.2) is 19.8 Å². The highest BCUT2D eigenvalue weighted by atomic mass is 16.5. The molecule has 2 N–H and O–H groups in total. The maximum Gasteiger partial charge on any atom is 0.0588 e.